The highest BCUT2D eigenvalue weighted by atomic mass is 16.5. The molecule has 0 aliphatic carbocycles. The molecule has 0 fully saturated rings. The number of ether oxygens (including phenoxy) is 4. The monoisotopic (exact) mass is 810 g/mol. The van der Waals surface area contributed by atoms with E-state index >= 15 is 0 Å². The third kappa shape index (κ3) is 38.8. The third-order valence-corrected chi connectivity index (χ3v) is 11.9. The van der Waals surface area contributed by atoms with E-state index in [2.05, 4.69) is 53.5 Å². The van der Waals surface area contributed by atoms with Crippen LogP contribution in [-0.4, -0.2) is 75.6 Å². The van der Waals surface area contributed by atoms with Gasteiger partial charge < -0.3 is 23.8 Å². The molecule has 340 valence electrons. The Morgan fingerprint density at radius 3 is 1.18 bits per heavy atom. The summed E-state index contributed by atoms with van der Waals surface area (Å²) in [5.74, 6) is 1.04. The van der Waals surface area contributed by atoms with Crippen LogP contribution in [-0.2, 0) is 28.5 Å². The van der Waals surface area contributed by atoms with Gasteiger partial charge in [0.25, 0.3) is 0 Å². The van der Waals surface area contributed by atoms with Crippen molar-refractivity contribution < 1.29 is 28.5 Å². The third-order valence-electron chi connectivity index (χ3n) is 11.9. The van der Waals surface area contributed by atoms with E-state index in [4.69, 9.17) is 18.9 Å². The molecule has 0 spiro atoms. The highest BCUT2D eigenvalue weighted by Crippen LogP contribution is 2.22. The average Bonchev–Trinajstić information content (AvgIpc) is 3.20. The van der Waals surface area contributed by atoms with Crippen LogP contribution in [0.5, 0.6) is 0 Å². The number of nitrogens with zero attached hydrogens (tertiary/aromatic N) is 1. The van der Waals surface area contributed by atoms with Crippen LogP contribution in [0.25, 0.3) is 0 Å². The van der Waals surface area contributed by atoms with Crippen molar-refractivity contribution in [2.45, 2.75) is 253 Å². The molecule has 0 rings (SSSR count). The van der Waals surface area contributed by atoms with E-state index < -0.39 is 0 Å². The standard InChI is InChI=1S/C50H99NO6/c1-8-12-32-46(33-13-9-2)42-49(52)56-40-30-26-22-17-16-20-24-28-38-54-44-48(36-37-51(7)45(5)6)55-39-29-25-21-18-19-23-27-31-41-57-50(53)43-47(34-14-10-3)35-15-11-4/h45-48H,8-44H2,1-7H3. The summed E-state index contributed by atoms with van der Waals surface area (Å²) in [6, 6.07) is 0.538. The minimum Gasteiger partial charge on any atom is -0.466 e. The van der Waals surface area contributed by atoms with E-state index in [9.17, 15) is 9.59 Å². The minimum atomic E-state index is 0.0148. The minimum absolute atomic E-state index is 0.0148. The molecule has 0 aliphatic heterocycles. The number of hydrogen-bond donors (Lipinski definition) is 0. The van der Waals surface area contributed by atoms with Crippen molar-refractivity contribution in [2.75, 3.05) is 46.6 Å². The van der Waals surface area contributed by atoms with Gasteiger partial charge in [0, 0.05) is 38.6 Å². The summed E-state index contributed by atoms with van der Waals surface area (Å²) < 4.78 is 23.7. The van der Waals surface area contributed by atoms with Crippen molar-refractivity contribution in [1.82, 2.24) is 4.90 Å². The molecular weight excluding hydrogens is 711 g/mol. The summed E-state index contributed by atoms with van der Waals surface area (Å²) in [4.78, 5) is 27.0. The molecule has 0 heterocycles. The molecule has 0 saturated heterocycles. The molecule has 0 aromatic heterocycles. The quantitative estimate of drug-likeness (QED) is 0.0448. The van der Waals surface area contributed by atoms with Gasteiger partial charge in [-0.2, -0.15) is 0 Å². The summed E-state index contributed by atoms with van der Waals surface area (Å²) >= 11 is 0. The number of unbranched alkanes of at least 4 members (excludes halogenated alkanes) is 18. The SMILES string of the molecule is CCCCC(CCCC)CC(=O)OCCCCCCCCCCOCC(CCN(C)C(C)C)OCCCCCCCCCCOC(=O)CC(CCCC)CCCC. The largest absolute Gasteiger partial charge is 0.466 e. The molecule has 0 N–H and O–H groups in total. The molecule has 0 aromatic carbocycles. The lowest BCUT2D eigenvalue weighted by molar-refractivity contribution is -0.146. The van der Waals surface area contributed by atoms with Crippen LogP contribution in [0.4, 0.5) is 0 Å². The van der Waals surface area contributed by atoms with Crippen molar-refractivity contribution in [3.63, 3.8) is 0 Å². The Labute approximate surface area is 355 Å². The molecular formula is C50H99NO6. The summed E-state index contributed by atoms with van der Waals surface area (Å²) in [6.07, 6.45) is 35.7. The van der Waals surface area contributed by atoms with Gasteiger partial charge in [-0.05, 0) is 90.5 Å². The van der Waals surface area contributed by atoms with E-state index in [1.807, 2.05) is 0 Å². The topological polar surface area (TPSA) is 74.3 Å². The summed E-state index contributed by atoms with van der Waals surface area (Å²) in [5, 5.41) is 0. The van der Waals surface area contributed by atoms with Crippen LogP contribution in [0, 0.1) is 11.8 Å². The van der Waals surface area contributed by atoms with Crippen LogP contribution in [0.15, 0.2) is 0 Å². The predicted octanol–water partition coefficient (Wildman–Crippen LogP) is 14.2. The second kappa shape index (κ2) is 42.9. The Balaban J connectivity index is 3.95. The van der Waals surface area contributed by atoms with Crippen molar-refractivity contribution in [1.29, 1.82) is 0 Å². The maximum atomic E-state index is 12.3. The zero-order valence-corrected chi connectivity index (χ0v) is 39.4. The van der Waals surface area contributed by atoms with Gasteiger partial charge in [0.2, 0.25) is 0 Å². The first kappa shape index (κ1) is 55.8. The Hall–Kier alpha value is -1.18. The normalized spacial score (nSPS) is 12.4. The van der Waals surface area contributed by atoms with Crippen LogP contribution < -0.4 is 0 Å². The maximum absolute atomic E-state index is 12.3. The zero-order valence-electron chi connectivity index (χ0n) is 39.4. The lowest BCUT2D eigenvalue weighted by Crippen LogP contribution is -2.32. The molecule has 0 bridgehead atoms. The molecule has 1 atom stereocenters. The average molecular weight is 810 g/mol. The Bertz CT molecular complexity index is 837. The molecule has 0 aromatic rings. The van der Waals surface area contributed by atoms with Crippen LogP contribution in [0.3, 0.4) is 0 Å². The molecule has 1 unspecified atom stereocenters. The molecule has 0 amide bonds. The fraction of sp³-hybridized carbons (Fsp3) is 0.960. The van der Waals surface area contributed by atoms with Crippen molar-refractivity contribution in [3.8, 4) is 0 Å². The van der Waals surface area contributed by atoms with Crippen LogP contribution in [0.2, 0.25) is 0 Å². The van der Waals surface area contributed by atoms with Gasteiger partial charge in [-0.3, -0.25) is 9.59 Å². The van der Waals surface area contributed by atoms with Gasteiger partial charge in [0.15, 0.2) is 0 Å². The van der Waals surface area contributed by atoms with Gasteiger partial charge in [0.05, 0.1) is 25.9 Å². The first-order chi connectivity index (χ1) is 27.8. The first-order valence-corrected chi connectivity index (χ1v) is 25.0. The molecule has 0 aliphatic rings. The number of rotatable bonds is 45. The Morgan fingerprint density at radius 1 is 0.456 bits per heavy atom. The lowest BCUT2D eigenvalue weighted by atomic mass is 9.93. The predicted molar refractivity (Wildman–Crippen MR) is 243 cm³/mol. The van der Waals surface area contributed by atoms with Gasteiger partial charge in [-0.1, -0.05) is 156 Å². The first-order valence-electron chi connectivity index (χ1n) is 25.0. The maximum Gasteiger partial charge on any atom is 0.306 e. The van der Waals surface area contributed by atoms with Gasteiger partial charge in [0.1, 0.15) is 0 Å². The second-order valence-corrected chi connectivity index (χ2v) is 17.7. The molecule has 57 heavy (non-hydrogen) atoms. The summed E-state index contributed by atoms with van der Waals surface area (Å²) in [6.45, 7) is 17.9. The Kier molecular flexibility index (Phi) is 42.0. The van der Waals surface area contributed by atoms with E-state index in [1.165, 1.54) is 116 Å². The molecule has 7 nitrogen and oxygen atoms in total. The van der Waals surface area contributed by atoms with Gasteiger partial charge in [-0.25, -0.2) is 0 Å². The number of carbonyl (C=O) groups is 2. The van der Waals surface area contributed by atoms with Gasteiger partial charge in [-0.15, -0.1) is 0 Å². The van der Waals surface area contributed by atoms with Crippen molar-refractivity contribution in [3.05, 3.63) is 0 Å². The lowest BCUT2D eigenvalue weighted by Gasteiger charge is -2.24. The van der Waals surface area contributed by atoms with E-state index in [1.54, 1.807) is 0 Å². The summed E-state index contributed by atoms with van der Waals surface area (Å²) in [7, 11) is 2.20. The highest BCUT2D eigenvalue weighted by Gasteiger charge is 2.16. The zero-order chi connectivity index (χ0) is 42.0. The van der Waals surface area contributed by atoms with Crippen LogP contribution in [0.1, 0.15) is 241 Å². The number of carbonyl (C=O) groups excluding carboxylic acids is 2. The van der Waals surface area contributed by atoms with Crippen molar-refractivity contribution in [2.24, 2.45) is 11.8 Å². The fourth-order valence-corrected chi connectivity index (χ4v) is 7.55. The molecule has 0 saturated carbocycles. The van der Waals surface area contributed by atoms with E-state index in [-0.39, 0.29) is 18.0 Å². The second-order valence-electron chi connectivity index (χ2n) is 17.7. The number of hydrogen-bond acceptors (Lipinski definition) is 7. The van der Waals surface area contributed by atoms with E-state index in [0.29, 0.717) is 50.5 Å². The van der Waals surface area contributed by atoms with Gasteiger partial charge >= 0.3 is 11.9 Å². The number of esters is 2. The van der Waals surface area contributed by atoms with E-state index in [0.717, 1.165) is 90.4 Å². The fourth-order valence-electron chi connectivity index (χ4n) is 7.55. The highest BCUT2D eigenvalue weighted by molar-refractivity contribution is 5.70. The Morgan fingerprint density at radius 2 is 0.807 bits per heavy atom. The van der Waals surface area contributed by atoms with Crippen molar-refractivity contribution >= 4 is 11.9 Å². The smallest absolute Gasteiger partial charge is 0.306 e. The molecule has 7 heteroatoms. The molecule has 0 radical (unpaired) electrons. The summed E-state index contributed by atoms with van der Waals surface area (Å²) in [5.41, 5.74) is 0. The van der Waals surface area contributed by atoms with Crippen LogP contribution >= 0.6 is 0 Å².